The summed E-state index contributed by atoms with van der Waals surface area (Å²) in [6.07, 6.45) is 1.33. The van der Waals surface area contributed by atoms with Crippen molar-refractivity contribution >= 4 is 16.0 Å². The minimum Gasteiger partial charge on any atom is -0.477 e. The summed E-state index contributed by atoms with van der Waals surface area (Å²) in [4.78, 5) is 10.9. The Morgan fingerprint density at radius 3 is 2.38 bits per heavy atom. The first kappa shape index (κ1) is 12.7. The zero-order chi connectivity index (χ0) is 12.5. The van der Waals surface area contributed by atoms with E-state index in [0.29, 0.717) is 6.54 Å². The van der Waals surface area contributed by atoms with Gasteiger partial charge in [0.05, 0.1) is 0 Å². The summed E-state index contributed by atoms with van der Waals surface area (Å²) >= 11 is 0. The van der Waals surface area contributed by atoms with E-state index in [1.165, 1.54) is 30.9 Å². The fourth-order valence-corrected chi connectivity index (χ4v) is 2.22. The van der Waals surface area contributed by atoms with E-state index in [9.17, 15) is 13.2 Å². The van der Waals surface area contributed by atoms with Crippen molar-refractivity contribution in [3.05, 3.63) is 18.0 Å². The van der Waals surface area contributed by atoms with Crippen LogP contribution in [0.25, 0.3) is 0 Å². The molecule has 0 atom stereocenters. The molecule has 1 aromatic rings. The Hall–Kier alpha value is -1.34. The smallest absolute Gasteiger partial charge is 0.352 e. The van der Waals surface area contributed by atoms with Crippen LogP contribution in [0, 0.1) is 0 Å². The molecule has 1 heterocycles. The van der Waals surface area contributed by atoms with E-state index in [1.54, 1.807) is 6.92 Å². The lowest BCUT2D eigenvalue weighted by atomic mass is 10.4. The maximum absolute atomic E-state index is 11.8. The van der Waals surface area contributed by atoms with Crippen LogP contribution >= 0.6 is 0 Å². The van der Waals surface area contributed by atoms with Gasteiger partial charge in [-0.3, -0.25) is 0 Å². The lowest BCUT2D eigenvalue weighted by molar-refractivity contribution is 0.0685. The molecule has 0 unspecified atom stereocenters. The number of aromatic nitrogens is 1. The van der Waals surface area contributed by atoms with Crippen LogP contribution in [0.4, 0.5) is 0 Å². The summed E-state index contributed by atoms with van der Waals surface area (Å²) in [7, 11) is -0.769. The molecule has 0 saturated carbocycles. The van der Waals surface area contributed by atoms with Gasteiger partial charge in [-0.2, -0.15) is 0 Å². The van der Waals surface area contributed by atoms with Crippen LogP contribution in [-0.4, -0.2) is 42.5 Å². The molecule has 1 aromatic heterocycles. The minimum atomic E-state index is -3.57. The quantitative estimate of drug-likeness (QED) is 0.836. The van der Waals surface area contributed by atoms with E-state index in [1.807, 2.05) is 0 Å². The number of carboxylic acids is 1. The summed E-state index contributed by atoms with van der Waals surface area (Å²) in [5.41, 5.74) is -0.0251. The molecule has 16 heavy (non-hydrogen) atoms. The lowest BCUT2D eigenvalue weighted by Crippen LogP contribution is -2.21. The molecule has 0 bridgehead atoms. The number of carbonyl (C=O) groups is 1. The van der Waals surface area contributed by atoms with Gasteiger partial charge in [0.25, 0.3) is 0 Å². The van der Waals surface area contributed by atoms with Crippen molar-refractivity contribution in [3.8, 4) is 0 Å². The fraction of sp³-hybridized carbons (Fsp3) is 0.444. The van der Waals surface area contributed by atoms with Crippen LogP contribution in [0.1, 0.15) is 17.4 Å². The number of sulfonamides is 1. The van der Waals surface area contributed by atoms with Gasteiger partial charge in [-0.05, 0) is 13.0 Å². The summed E-state index contributed by atoms with van der Waals surface area (Å²) in [5.74, 6) is -1.14. The molecule has 90 valence electrons. The third-order valence-corrected chi connectivity index (χ3v) is 3.99. The number of rotatable bonds is 4. The first-order valence-corrected chi connectivity index (χ1v) is 6.10. The molecule has 0 aliphatic carbocycles. The molecule has 0 fully saturated rings. The van der Waals surface area contributed by atoms with Crippen molar-refractivity contribution in [2.75, 3.05) is 14.1 Å². The molecule has 0 aliphatic rings. The first-order valence-electron chi connectivity index (χ1n) is 4.66. The number of hydrogen-bond donors (Lipinski definition) is 1. The number of aryl methyl sites for hydroxylation is 1. The molecule has 0 aliphatic heterocycles. The van der Waals surface area contributed by atoms with E-state index in [-0.39, 0.29) is 10.6 Å². The standard InChI is InChI=1S/C9H14N2O4S/c1-4-11-6-7(5-8(11)9(12)13)16(14,15)10(2)3/h5-6H,4H2,1-3H3,(H,12,13). The molecule has 0 aromatic carbocycles. The summed E-state index contributed by atoms with van der Waals surface area (Å²) in [6, 6.07) is 1.17. The molecule has 0 amide bonds. The topological polar surface area (TPSA) is 79.6 Å². The average Bonchev–Trinajstić information content (AvgIpc) is 2.61. The zero-order valence-electron chi connectivity index (χ0n) is 9.34. The highest BCUT2D eigenvalue weighted by Crippen LogP contribution is 2.17. The number of nitrogens with zero attached hydrogens (tertiary/aromatic N) is 2. The zero-order valence-corrected chi connectivity index (χ0v) is 10.2. The molecule has 1 N–H and O–H groups in total. The van der Waals surface area contributed by atoms with Crippen molar-refractivity contribution in [1.29, 1.82) is 0 Å². The highest BCUT2D eigenvalue weighted by Gasteiger charge is 2.22. The van der Waals surface area contributed by atoms with Crippen molar-refractivity contribution in [2.24, 2.45) is 0 Å². The Labute approximate surface area is 94.2 Å². The van der Waals surface area contributed by atoms with Crippen molar-refractivity contribution in [1.82, 2.24) is 8.87 Å². The summed E-state index contributed by atoms with van der Waals surface area (Å²) in [6.45, 7) is 2.16. The Kier molecular flexibility index (Phi) is 3.39. The third kappa shape index (κ3) is 2.10. The first-order chi connectivity index (χ1) is 7.30. The van der Waals surface area contributed by atoms with E-state index in [4.69, 9.17) is 5.11 Å². The van der Waals surface area contributed by atoms with E-state index < -0.39 is 16.0 Å². The Balaban J connectivity index is 3.34. The monoisotopic (exact) mass is 246 g/mol. The number of aromatic carboxylic acids is 1. The van der Waals surface area contributed by atoms with Crippen LogP contribution in [0.5, 0.6) is 0 Å². The SMILES string of the molecule is CCn1cc(S(=O)(=O)N(C)C)cc1C(=O)O. The molecular weight excluding hydrogens is 232 g/mol. The summed E-state index contributed by atoms with van der Waals surface area (Å²) in [5, 5.41) is 8.89. The average molecular weight is 246 g/mol. The van der Waals surface area contributed by atoms with Crippen molar-refractivity contribution < 1.29 is 18.3 Å². The Morgan fingerprint density at radius 1 is 1.50 bits per heavy atom. The van der Waals surface area contributed by atoms with Gasteiger partial charge in [-0.1, -0.05) is 0 Å². The Bertz CT molecular complexity index is 502. The summed E-state index contributed by atoms with van der Waals surface area (Å²) < 4.78 is 25.9. The van der Waals surface area contributed by atoms with Gasteiger partial charge in [0.2, 0.25) is 10.0 Å². The predicted octanol–water partition coefficient (Wildman–Crippen LogP) is 0.456. The van der Waals surface area contributed by atoms with Crippen LogP contribution in [-0.2, 0) is 16.6 Å². The van der Waals surface area contributed by atoms with Gasteiger partial charge in [0.15, 0.2) is 0 Å². The number of hydrogen-bond acceptors (Lipinski definition) is 3. The van der Waals surface area contributed by atoms with E-state index >= 15 is 0 Å². The van der Waals surface area contributed by atoms with Gasteiger partial charge in [0.1, 0.15) is 10.6 Å². The molecule has 0 spiro atoms. The molecule has 1 rings (SSSR count). The van der Waals surface area contributed by atoms with Crippen LogP contribution in [0.15, 0.2) is 17.2 Å². The van der Waals surface area contributed by atoms with Gasteiger partial charge in [-0.25, -0.2) is 17.5 Å². The second kappa shape index (κ2) is 4.26. The van der Waals surface area contributed by atoms with Crippen LogP contribution in [0.3, 0.4) is 0 Å². The molecule has 7 heteroatoms. The molecule has 0 saturated heterocycles. The largest absolute Gasteiger partial charge is 0.477 e. The van der Waals surface area contributed by atoms with Gasteiger partial charge < -0.3 is 9.67 Å². The van der Waals surface area contributed by atoms with Gasteiger partial charge in [-0.15, -0.1) is 0 Å². The molecule has 6 nitrogen and oxygen atoms in total. The van der Waals surface area contributed by atoms with Crippen molar-refractivity contribution in [3.63, 3.8) is 0 Å². The lowest BCUT2D eigenvalue weighted by Gasteiger charge is -2.08. The maximum Gasteiger partial charge on any atom is 0.352 e. The van der Waals surface area contributed by atoms with E-state index in [2.05, 4.69) is 0 Å². The normalized spacial score (nSPS) is 12.0. The van der Waals surface area contributed by atoms with Gasteiger partial charge in [0, 0.05) is 26.8 Å². The van der Waals surface area contributed by atoms with E-state index in [0.717, 1.165) is 4.31 Å². The second-order valence-electron chi connectivity index (χ2n) is 3.44. The second-order valence-corrected chi connectivity index (χ2v) is 5.59. The highest BCUT2D eigenvalue weighted by atomic mass is 32.2. The maximum atomic E-state index is 11.8. The van der Waals surface area contributed by atoms with Crippen molar-refractivity contribution in [2.45, 2.75) is 18.4 Å². The minimum absolute atomic E-state index is 0.00301. The Morgan fingerprint density at radius 2 is 2.06 bits per heavy atom. The number of carboxylic acid groups (broad SMARTS) is 1. The highest BCUT2D eigenvalue weighted by molar-refractivity contribution is 7.89. The van der Waals surface area contributed by atoms with Gasteiger partial charge >= 0.3 is 5.97 Å². The van der Waals surface area contributed by atoms with Crippen LogP contribution in [0.2, 0.25) is 0 Å². The molecule has 0 radical (unpaired) electrons. The molecular formula is C9H14N2O4S. The third-order valence-electron chi connectivity index (χ3n) is 2.21. The predicted molar refractivity (Wildman–Crippen MR) is 57.9 cm³/mol. The van der Waals surface area contributed by atoms with Crippen LogP contribution < -0.4 is 0 Å². The fourth-order valence-electron chi connectivity index (χ4n) is 1.28.